The van der Waals surface area contributed by atoms with Crippen molar-refractivity contribution in [3.8, 4) is 5.75 Å². The molecular formula is C44H74F4N2O3. The second-order valence-electron chi connectivity index (χ2n) is 15.6. The van der Waals surface area contributed by atoms with Crippen molar-refractivity contribution in [2.45, 2.75) is 194 Å². The molecule has 306 valence electrons. The Labute approximate surface area is 320 Å². The molecule has 0 aliphatic carbocycles. The Balaban J connectivity index is 1.78. The zero-order valence-corrected chi connectivity index (χ0v) is 33.6. The standard InChI is InChI=1S/C44H74F4N2O3/c1-3-5-7-9-11-13-15-17-19-21-23-25-27-29-31-49-32-33-50(40(51)30-28-26-24-22-20-18-16-14-12-10-8-6-4-2)36-37(35-49)44(52)53-43-41(47)38(45)34-39(46)42(43)48/h34,37H,3-33,35-36H2,1-2H3. The van der Waals surface area contributed by atoms with E-state index in [4.69, 9.17) is 4.74 Å². The molecule has 0 radical (unpaired) electrons. The highest BCUT2D eigenvalue weighted by Gasteiger charge is 2.33. The van der Waals surface area contributed by atoms with Gasteiger partial charge in [0.1, 0.15) is 0 Å². The second-order valence-corrected chi connectivity index (χ2v) is 15.6. The van der Waals surface area contributed by atoms with Crippen molar-refractivity contribution in [3.05, 3.63) is 29.3 Å². The fourth-order valence-electron chi connectivity index (χ4n) is 7.47. The van der Waals surface area contributed by atoms with Crippen LogP contribution in [0.15, 0.2) is 6.07 Å². The van der Waals surface area contributed by atoms with E-state index in [0.717, 1.165) is 45.1 Å². The molecule has 1 saturated heterocycles. The van der Waals surface area contributed by atoms with Crippen LogP contribution in [0.2, 0.25) is 0 Å². The highest BCUT2D eigenvalue weighted by Crippen LogP contribution is 2.28. The van der Waals surface area contributed by atoms with Crippen molar-refractivity contribution in [1.82, 2.24) is 9.80 Å². The molecule has 0 aromatic heterocycles. The lowest BCUT2D eigenvalue weighted by Gasteiger charge is -2.23. The van der Waals surface area contributed by atoms with E-state index in [1.165, 1.54) is 135 Å². The number of esters is 1. The summed E-state index contributed by atoms with van der Waals surface area (Å²) in [7, 11) is 0. The van der Waals surface area contributed by atoms with E-state index < -0.39 is 40.9 Å². The van der Waals surface area contributed by atoms with E-state index in [1.807, 2.05) is 0 Å². The number of rotatable bonds is 31. The first kappa shape index (κ1) is 47.0. The Hall–Kier alpha value is -2.16. The van der Waals surface area contributed by atoms with Gasteiger partial charge >= 0.3 is 5.97 Å². The maximum atomic E-state index is 14.4. The summed E-state index contributed by atoms with van der Waals surface area (Å²) in [5.41, 5.74) is 0. The Morgan fingerprint density at radius 1 is 0.566 bits per heavy atom. The molecule has 0 spiro atoms. The minimum absolute atomic E-state index is 0.0341. The summed E-state index contributed by atoms with van der Waals surface area (Å²) >= 11 is 0. The lowest BCUT2D eigenvalue weighted by molar-refractivity contribution is -0.141. The van der Waals surface area contributed by atoms with Crippen LogP contribution < -0.4 is 4.74 Å². The lowest BCUT2D eigenvalue weighted by Crippen LogP contribution is -2.39. The van der Waals surface area contributed by atoms with E-state index in [0.29, 0.717) is 19.5 Å². The molecule has 1 amide bonds. The van der Waals surface area contributed by atoms with E-state index >= 15 is 0 Å². The van der Waals surface area contributed by atoms with Crippen LogP contribution >= 0.6 is 0 Å². The first-order chi connectivity index (χ1) is 25.8. The summed E-state index contributed by atoms with van der Waals surface area (Å²) in [4.78, 5) is 30.3. The predicted molar refractivity (Wildman–Crippen MR) is 209 cm³/mol. The van der Waals surface area contributed by atoms with Crippen molar-refractivity contribution < 1.29 is 31.9 Å². The number of hydrogen-bond donors (Lipinski definition) is 0. The summed E-state index contributed by atoms with van der Waals surface area (Å²) < 4.78 is 61.5. The molecule has 1 aromatic rings. The Bertz CT molecular complexity index is 1090. The van der Waals surface area contributed by atoms with Crippen LogP contribution in [-0.4, -0.2) is 54.4 Å². The molecule has 1 atom stereocenters. The largest absolute Gasteiger partial charge is 0.420 e. The molecule has 1 aromatic carbocycles. The van der Waals surface area contributed by atoms with Gasteiger partial charge in [0.05, 0.1) is 5.92 Å². The van der Waals surface area contributed by atoms with Crippen molar-refractivity contribution >= 4 is 11.9 Å². The van der Waals surface area contributed by atoms with E-state index in [9.17, 15) is 27.2 Å². The first-order valence-corrected chi connectivity index (χ1v) is 21.8. The number of nitrogens with zero attached hydrogens (tertiary/aromatic N) is 2. The molecule has 1 aliphatic rings. The summed E-state index contributed by atoms with van der Waals surface area (Å²) in [6, 6.07) is 0.0861. The molecule has 1 fully saturated rings. The molecule has 53 heavy (non-hydrogen) atoms. The van der Waals surface area contributed by atoms with Crippen LogP contribution in [0.25, 0.3) is 0 Å². The second kappa shape index (κ2) is 30.1. The SMILES string of the molecule is CCCCCCCCCCCCCCCCN1CCN(C(=O)CCCCCCCCCCCCCCC)CC(C(=O)Oc2c(F)c(F)cc(F)c2F)C1. The highest BCUT2D eigenvalue weighted by molar-refractivity contribution is 5.79. The smallest absolute Gasteiger partial charge is 0.317 e. The van der Waals surface area contributed by atoms with Gasteiger partial charge in [0.2, 0.25) is 23.3 Å². The fourth-order valence-corrected chi connectivity index (χ4v) is 7.47. The van der Waals surface area contributed by atoms with Crippen LogP contribution in [0, 0.1) is 29.2 Å². The number of carbonyl (C=O) groups is 2. The predicted octanol–water partition coefficient (Wildman–Crippen LogP) is 12.9. The molecule has 1 heterocycles. The van der Waals surface area contributed by atoms with Crippen LogP contribution in [0.4, 0.5) is 17.6 Å². The Morgan fingerprint density at radius 3 is 1.40 bits per heavy atom. The van der Waals surface area contributed by atoms with Gasteiger partial charge in [0, 0.05) is 38.7 Å². The summed E-state index contributed by atoms with van der Waals surface area (Å²) in [5, 5.41) is 0. The summed E-state index contributed by atoms with van der Waals surface area (Å²) in [6.45, 7) is 6.50. The molecule has 0 saturated carbocycles. The molecule has 5 nitrogen and oxygen atoms in total. The molecule has 0 bridgehead atoms. The molecule has 1 unspecified atom stereocenters. The van der Waals surface area contributed by atoms with Gasteiger partial charge in [-0.05, 0) is 19.4 Å². The zero-order valence-electron chi connectivity index (χ0n) is 33.6. The van der Waals surface area contributed by atoms with Gasteiger partial charge in [-0.15, -0.1) is 0 Å². The van der Waals surface area contributed by atoms with Gasteiger partial charge in [0.15, 0.2) is 11.6 Å². The third-order valence-corrected chi connectivity index (χ3v) is 10.9. The number of hydrogen-bond acceptors (Lipinski definition) is 4. The minimum Gasteiger partial charge on any atom is -0.420 e. The Kier molecular flexibility index (Phi) is 26.7. The maximum absolute atomic E-state index is 14.4. The molecular weight excluding hydrogens is 680 g/mol. The van der Waals surface area contributed by atoms with Crippen LogP contribution in [0.5, 0.6) is 5.75 Å². The molecule has 2 rings (SSSR count). The zero-order chi connectivity index (χ0) is 38.5. The number of amides is 1. The number of unbranched alkanes of at least 4 members (excludes halogenated alkanes) is 25. The lowest BCUT2D eigenvalue weighted by atomic mass is 10.0. The third kappa shape index (κ3) is 20.9. The van der Waals surface area contributed by atoms with E-state index in [1.54, 1.807) is 4.90 Å². The summed E-state index contributed by atoms with van der Waals surface area (Å²) in [5.74, 6) is -10.1. The number of ether oxygens (including phenoxy) is 1. The van der Waals surface area contributed by atoms with Crippen LogP contribution in [0.1, 0.15) is 194 Å². The van der Waals surface area contributed by atoms with Crippen molar-refractivity contribution in [2.24, 2.45) is 5.92 Å². The minimum atomic E-state index is -1.75. The monoisotopic (exact) mass is 755 g/mol. The number of halogens is 4. The Morgan fingerprint density at radius 2 is 0.962 bits per heavy atom. The number of carbonyl (C=O) groups excluding carboxylic acids is 2. The molecule has 1 aliphatic heterocycles. The van der Waals surface area contributed by atoms with Crippen LogP contribution in [0.3, 0.4) is 0 Å². The quantitative estimate of drug-likeness (QED) is 0.0249. The molecule has 9 heteroatoms. The van der Waals surface area contributed by atoms with Gasteiger partial charge in [-0.25, -0.2) is 8.78 Å². The third-order valence-electron chi connectivity index (χ3n) is 10.9. The van der Waals surface area contributed by atoms with Gasteiger partial charge in [0.25, 0.3) is 0 Å². The van der Waals surface area contributed by atoms with E-state index in [2.05, 4.69) is 18.7 Å². The fraction of sp³-hybridized carbons (Fsp3) is 0.818. The van der Waals surface area contributed by atoms with Crippen molar-refractivity contribution in [1.29, 1.82) is 0 Å². The average Bonchev–Trinajstić information content (AvgIpc) is 3.37. The highest BCUT2D eigenvalue weighted by atomic mass is 19.2. The van der Waals surface area contributed by atoms with Gasteiger partial charge < -0.3 is 14.5 Å². The van der Waals surface area contributed by atoms with Gasteiger partial charge in [-0.1, -0.05) is 174 Å². The average molecular weight is 755 g/mol. The van der Waals surface area contributed by atoms with E-state index in [-0.39, 0.29) is 25.1 Å². The number of benzene rings is 1. The van der Waals surface area contributed by atoms with Crippen molar-refractivity contribution in [3.63, 3.8) is 0 Å². The first-order valence-electron chi connectivity index (χ1n) is 21.8. The normalized spacial score (nSPS) is 15.2. The van der Waals surface area contributed by atoms with Gasteiger partial charge in [-0.3, -0.25) is 9.59 Å². The summed E-state index contributed by atoms with van der Waals surface area (Å²) in [6.07, 6.45) is 33.7. The van der Waals surface area contributed by atoms with Gasteiger partial charge in [-0.2, -0.15) is 8.78 Å². The molecule has 0 N–H and O–H groups in total. The maximum Gasteiger partial charge on any atom is 0.317 e. The van der Waals surface area contributed by atoms with Crippen LogP contribution in [-0.2, 0) is 9.59 Å². The topological polar surface area (TPSA) is 49.9 Å². The van der Waals surface area contributed by atoms with Crippen molar-refractivity contribution in [2.75, 3.05) is 32.7 Å².